The zero-order valence-corrected chi connectivity index (χ0v) is 15.2. The molecule has 2 heterocycles. The summed E-state index contributed by atoms with van der Waals surface area (Å²) in [4.78, 5) is 23.6. The van der Waals surface area contributed by atoms with Crippen molar-refractivity contribution in [2.45, 2.75) is 13.0 Å². The van der Waals surface area contributed by atoms with Crippen molar-refractivity contribution in [3.8, 4) is 0 Å². The highest BCUT2D eigenvalue weighted by atomic mass is 16.2. The molecule has 5 nitrogen and oxygen atoms in total. The average molecular weight is 338 g/mol. The number of benzene rings is 1. The molecule has 1 aromatic heterocycles. The molecular weight excluding hydrogens is 312 g/mol. The Labute approximate surface area is 149 Å². The minimum Gasteiger partial charge on any atom is -0.378 e. The quantitative estimate of drug-likeness (QED) is 0.859. The van der Waals surface area contributed by atoms with Crippen LogP contribution < -0.4 is 4.90 Å². The normalized spacial score (nSPS) is 16.5. The van der Waals surface area contributed by atoms with E-state index in [-0.39, 0.29) is 11.9 Å². The molecule has 0 N–H and O–H groups in total. The lowest BCUT2D eigenvalue weighted by Crippen LogP contribution is -2.49. The third-order valence-corrected chi connectivity index (χ3v) is 4.87. The van der Waals surface area contributed by atoms with Gasteiger partial charge in [-0.1, -0.05) is 12.1 Å². The van der Waals surface area contributed by atoms with Crippen LogP contribution in [0.15, 0.2) is 48.7 Å². The molecule has 25 heavy (non-hydrogen) atoms. The van der Waals surface area contributed by atoms with Gasteiger partial charge in [0.2, 0.25) is 0 Å². The van der Waals surface area contributed by atoms with E-state index in [4.69, 9.17) is 0 Å². The molecule has 1 saturated heterocycles. The Morgan fingerprint density at radius 3 is 2.48 bits per heavy atom. The summed E-state index contributed by atoms with van der Waals surface area (Å²) < 4.78 is 0. The molecule has 2 aromatic rings. The number of hydrogen-bond donors (Lipinski definition) is 0. The van der Waals surface area contributed by atoms with Crippen molar-refractivity contribution < 1.29 is 4.79 Å². The fraction of sp³-hybridized carbons (Fsp3) is 0.400. The molecule has 0 radical (unpaired) electrons. The number of rotatable bonds is 4. The maximum absolute atomic E-state index is 12.8. The Bertz CT molecular complexity index is 709. The van der Waals surface area contributed by atoms with Crippen molar-refractivity contribution in [1.29, 1.82) is 0 Å². The summed E-state index contributed by atoms with van der Waals surface area (Å²) in [6.45, 7) is 5.43. The van der Waals surface area contributed by atoms with E-state index >= 15 is 0 Å². The van der Waals surface area contributed by atoms with Crippen LogP contribution in [0.4, 0.5) is 5.69 Å². The minimum absolute atomic E-state index is 0.119. The van der Waals surface area contributed by atoms with Crippen LogP contribution in [-0.2, 0) is 0 Å². The summed E-state index contributed by atoms with van der Waals surface area (Å²) in [5.41, 5.74) is 2.90. The second kappa shape index (κ2) is 7.66. The predicted octanol–water partition coefficient (Wildman–Crippen LogP) is 2.67. The summed E-state index contributed by atoms with van der Waals surface area (Å²) in [5, 5.41) is 0. The number of nitrogens with zero attached hydrogens (tertiary/aromatic N) is 4. The molecule has 1 amide bonds. The Morgan fingerprint density at radius 2 is 1.84 bits per heavy atom. The summed E-state index contributed by atoms with van der Waals surface area (Å²) in [6, 6.07) is 14.1. The molecule has 0 bridgehead atoms. The molecule has 1 fully saturated rings. The number of anilines is 1. The lowest BCUT2D eigenvalue weighted by Gasteiger charge is -2.38. The first-order valence-electron chi connectivity index (χ1n) is 8.78. The smallest absolute Gasteiger partial charge is 0.254 e. The fourth-order valence-electron chi connectivity index (χ4n) is 3.22. The molecule has 0 saturated carbocycles. The van der Waals surface area contributed by atoms with Gasteiger partial charge in [0, 0.05) is 63.8 Å². The summed E-state index contributed by atoms with van der Waals surface area (Å²) in [7, 11) is 3.97. The van der Waals surface area contributed by atoms with Gasteiger partial charge in [-0.3, -0.25) is 14.7 Å². The molecule has 1 atom stereocenters. The molecule has 1 unspecified atom stereocenters. The molecule has 1 aromatic carbocycles. The van der Waals surface area contributed by atoms with Gasteiger partial charge in [0.15, 0.2) is 0 Å². The number of carbonyl (C=O) groups is 1. The highest BCUT2D eigenvalue weighted by molar-refractivity contribution is 5.95. The molecule has 1 aliphatic heterocycles. The zero-order valence-electron chi connectivity index (χ0n) is 15.2. The van der Waals surface area contributed by atoms with Crippen molar-refractivity contribution in [2.75, 3.05) is 45.2 Å². The van der Waals surface area contributed by atoms with Crippen LogP contribution in [0.3, 0.4) is 0 Å². The highest BCUT2D eigenvalue weighted by Crippen LogP contribution is 2.21. The summed E-state index contributed by atoms with van der Waals surface area (Å²) >= 11 is 0. The van der Waals surface area contributed by atoms with E-state index in [1.165, 1.54) is 0 Å². The summed E-state index contributed by atoms with van der Waals surface area (Å²) in [6.07, 6.45) is 1.84. The van der Waals surface area contributed by atoms with E-state index < -0.39 is 0 Å². The van der Waals surface area contributed by atoms with Crippen LogP contribution in [0.5, 0.6) is 0 Å². The van der Waals surface area contributed by atoms with E-state index in [2.05, 4.69) is 22.9 Å². The molecule has 5 heteroatoms. The van der Waals surface area contributed by atoms with Crippen LogP contribution in [-0.4, -0.2) is 61.0 Å². The van der Waals surface area contributed by atoms with Crippen molar-refractivity contribution in [3.63, 3.8) is 0 Å². The topological polar surface area (TPSA) is 39.7 Å². The predicted molar refractivity (Wildman–Crippen MR) is 101 cm³/mol. The van der Waals surface area contributed by atoms with Crippen molar-refractivity contribution >= 4 is 11.6 Å². The summed E-state index contributed by atoms with van der Waals surface area (Å²) in [5.74, 6) is 0.119. The van der Waals surface area contributed by atoms with Crippen LogP contribution in [0.2, 0.25) is 0 Å². The number of carbonyl (C=O) groups excluding carboxylic acids is 1. The molecule has 3 rings (SSSR count). The molecular formula is C20H26N4O. The van der Waals surface area contributed by atoms with E-state index in [1.54, 1.807) is 0 Å². The SMILES string of the molecule is CC(c1ccccn1)N1CCN(C(=O)c2cccc(N(C)C)c2)CC1. The minimum atomic E-state index is 0.119. The van der Waals surface area contributed by atoms with E-state index in [9.17, 15) is 4.79 Å². The number of aromatic nitrogens is 1. The highest BCUT2D eigenvalue weighted by Gasteiger charge is 2.25. The maximum Gasteiger partial charge on any atom is 0.254 e. The monoisotopic (exact) mass is 338 g/mol. The van der Waals surface area contributed by atoms with Crippen LogP contribution in [0.1, 0.15) is 29.0 Å². The molecule has 0 aliphatic carbocycles. The number of amides is 1. The lowest BCUT2D eigenvalue weighted by molar-refractivity contribution is 0.0579. The first-order chi connectivity index (χ1) is 12.1. The Hall–Kier alpha value is -2.40. The van der Waals surface area contributed by atoms with Gasteiger partial charge < -0.3 is 9.80 Å². The van der Waals surface area contributed by atoms with Gasteiger partial charge in [-0.2, -0.15) is 0 Å². The third-order valence-electron chi connectivity index (χ3n) is 4.87. The Balaban J connectivity index is 1.62. The average Bonchev–Trinajstić information content (AvgIpc) is 2.67. The van der Waals surface area contributed by atoms with Crippen LogP contribution in [0.25, 0.3) is 0 Å². The van der Waals surface area contributed by atoms with Gasteiger partial charge in [0.05, 0.1) is 5.69 Å². The number of piperazine rings is 1. The molecule has 0 spiro atoms. The van der Waals surface area contributed by atoms with Crippen molar-refractivity contribution in [2.24, 2.45) is 0 Å². The van der Waals surface area contributed by atoms with Crippen molar-refractivity contribution in [1.82, 2.24) is 14.8 Å². The Morgan fingerprint density at radius 1 is 1.08 bits per heavy atom. The second-order valence-electron chi connectivity index (χ2n) is 6.70. The number of hydrogen-bond acceptors (Lipinski definition) is 4. The van der Waals surface area contributed by atoms with Crippen LogP contribution in [0, 0.1) is 0 Å². The van der Waals surface area contributed by atoms with Gasteiger partial charge in [-0.15, -0.1) is 0 Å². The van der Waals surface area contributed by atoms with Gasteiger partial charge in [-0.05, 0) is 37.3 Å². The van der Waals surface area contributed by atoms with E-state index in [0.717, 1.165) is 43.1 Å². The molecule has 132 valence electrons. The standard InChI is InChI=1S/C20H26N4O/c1-16(19-9-4-5-10-21-19)23-11-13-24(14-12-23)20(25)17-7-6-8-18(15-17)22(2)3/h4-10,15-16H,11-14H2,1-3H3. The van der Waals surface area contributed by atoms with E-state index in [1.807, 2.05) is 66.5 Å². The van der Waals surface area contributed by atoms with Gasteiger partial charge >= 0.3 is 0 Å². The fourth-order valence-corrected chi connectivity index (χ4v) is 3.22. The van der Waals surface area contributed by atoms with Gasteiger partial charge in [-0.25, -0.2) is 0 Å². The van der Waals surface area contributed by atoms with Crippen molar-refractivity contribution in [3.05, 3.63) is 59.9 Å². The van der Waals surface area contributed by atoms with Gasteiger partial charge in [0.25, 0.3) is 5.91 Å². The third kappa shape index (κ3) is 3.99. The second-order valence-corrected chi connectivity index (χ2v) is 6.70. The largest absolute Gasteiger partial charge is 0.378 e. The lowest BCUT2D eigenvalue weighted by atomic mass is 10.1. The zero-order chi connectivity index (χ0) is 17.8. The van der Waals surface area contributed by atoms with E-state index in [0.29, 0.717) is 0 Å². The molecule has 1 aliphatic rings. The Kier molecular flexibility index (Phi) is 5.34. The maximum atomic E-state index is 12.8. The van der Waals surface area contributed by atoms with Crippen LogP contribution >= 0.6 is 0 Å². The number of pyridine rings is 1. The van der Waals surface area contributed by atoms with Gasteiger partial charge in [0.1, 0.15) is 0 Å². The first kappa shape index (κ1) is 17.4. The first-order valence-corrected chi connectivity index (χ1v) is 8.78.